The van der Waals surface area contributed by atoms with Gasteiger partial charge in [-0.25, -0.2) is 9.78 Å². The maximum absolute atomic E-state index is 11.5. The molecule has 0 saturated carbocycles. The van der Waals surface area contributed by atoms with Crippen LogP contribution in [-0.4, -0.2) is 22.7 Å². The number of carbonyl (C=O) groups excluding carboxylic acids is 1. The molecular weight excluding hydrogens is 206 g/mol. The molecule has 4 heteroatoms. The van der Waals surface area contributed by atoms with E-state index in [9.17, 15) is 9.90 Å². The molecule has 1 atom stereocenters. The van der Waals surface area contributed by atoms with Crippen molar-refractivity contribution < 1.29 is 14.6 Å². The van der Waals surface area contributed by atoms with Crippen molar-refractivity contribution in [1.82, 2.24) is 4.98 Å². The molecule has 0 aliphatic heterocycles. The number of hydrogen-bond acceptors (Lipinski definition) is 4. The summed E-state index contributed by atoms with van der Waals surface area (Å²) in [6.07, 6.45) is 2.06. The van der Waals surface area contributed by atoms with E-state index in [0.29, 0.717) is 18.7 Å². The van der Waals surface area contributed by atoms with E-state index in [1.165, 1.54) is 0 Å². The number of carbonyl (C=O) groups is 1. The summed E-state index contributed by atoms with van der Waals surface area (Å²) in [6.45, 7) is 2.09. The quantitative estimate of drug-likeness (QED) is 0.771. The van der Waals surface area contributed by atoms with Gasteiger partial charge in [0.25, 0.3) is 0 Å². The van der Waals surface area contributed by atoms with E-state index in [0.717, 1.165) is 18.4 Å². The van der Waals surface area contributed by atoms with E-state index in [1.54, 1.807) is 13.0 Å². The van der Waals surface area contributed by atoms with Crippen LogP contribution in [0.2, 0.25) is 0 Å². The van der Waals surface area contributed by atoms with E-state index in [2.05, 4.69) is 4.98 Å². The predicted octanol–water partition coefficient (Wildman–Crippen LogP) is 1.63. The molecule has 1 aromatic rings. The summed E-state index contributed by atoms with van der Waals surface area (Å²) in [6, 6.07) is 3.52. The molecule has 1 unspecified atom stereocenters. The van der Waals surface area contributed by atoms with Crippen molar-refractivity contribution >= 4 is 5.97 Å². The molecule has 1 aliphatic rings. The zero-order valence-electron chi connectivity index (χ0n) is 9.27. The number of fused-ring (bicyclic) bond motifs is 1. The Balaban J connectivity index is 2.30. The van der Waals surface area contributed by atoms with Crippen molar-refractivity contribution in [2.75, 3.05) is 6.61 Å². The van der Waals surface area contributed by atoms with Gasteiger partial charge in [0.15, 0.2) is 0 Å². The fourth-order valence-electron chi connectivity index (χ4n) is 1.94. The Bertz CT molecular complexity index is 403. The summed E-state index contributed by atoms with van der Waals surface area (Å²) < 4.78 is 4.87. The van der Waals surface area contributed by atoms with Gasteiger partial charge in [0, 0.05) is 0 Å². The molecule has 0 radical (unpaired) electrons. The number of aryl methyl sites for hydroxylation is 1. The van der Waals surface area contributed by atoms with Gasteiger partial charge in [-0.3, -0.25) is 0 Å². The minimum atomic E-state index is -0.543. The molecule has 0 bridgehead atoms. The molecule has 0 saturated heterocycles. The summed E-state index contributed by atoms with van der Waals surface area (Å²) in [5.74, 6) is -0.428. The number of nitrogens with zero attached hydrogens (tertiary/aromatic N) is 1. The molecule has 2 rings (SSSR count). The molecule has 1 aliphatic carbocycles. The largest absolute Gasteiger partial charge is 0.461 e. The van der Waals surface area contributed by atoms with Gasteiger partial charge in [-0.2, -0.15) is 0 Å². The van der Waals surface area contributed by atoms with Gasteiger partial charge in [0.1, 0.15) is 5.69 Å². The van der Waals surface area contributed by atoms with Crippen molar-refractivity contribution in [3.63, 3.8) is 0 Å². The predicted molar refractivity (Wildman–Crippen MR) is 58.1 cm³/mol. The molecule has 0 aromatic carbocycles. The number of ether oxygens (including phenoxy) is 1. The van der Waals surface area contributed by atoms with Gasteiger partial charge in [0.05, 0.1) is 18.4 Å². The number of esters is 1. The average Bonchev–Trinajstić information content (AvgIpc) is 2.29. The van der Waals surface area contributed by atoms with Crippen molar-refractivity contribution in [3.05, 3.63) is 29.1 Å². The van der Waals surface area contributed by atoms with Crippen LogP contribution in [0, 0.1) is 0 Å². The van der Waals surface area contributed by atoms with Crippen LogP contribution in [-0.2, 0) is 11.2 Å². The van der Waals surface area contributed by atoms with Gasteiger partial charge in [0.2, 0.25) is 0 Å². The summed E-state index contributed by atoms with van der Waals surface area (Å²) in [5, 5.41) is 9.78. The molecule has 0 amide bonds. The van der Waals surface area contributed by atoms with Gasteiger partial charge in [-0.05, 0) is 37.8 Å². The molecular formula is C12H15NO3. The number of rotatable bonds is 2. The first-order chi connectivity index (χ1) is 7.72. The van der Waals surface area contributed by atoms with Crippen molar-refractivity contribution in [3.8, 4) is 0 Å². The Morgan fingerprint density at radius 3 is 3.19 bits per heavy atom. The lowest BCUT2D eigenvalue weighted by Gasteiger charge is -2.20. The first-order valence-corrected chi connectivity index (χ1v) is 5.57. The number of hydrogen-bond donors (Lipinski definition) is 1. The third-order valence-corrected chi connectivity index (χ3v) is 2.74. The van der Waals surface area contributed by atoms with E-state index < -0.39 is 12.1 Å². The maximum Gasteiger partial charge on any atom is 0.356 e. The summed E-state index contributed by atoms with van der Waals surface area (Å²) in [5.41, 5.74) is 1.95. The summed E-state index contributed by atoms with van der Waals surface area (Å²) in [7, 11) is 0. The van der Waals surface area contributed by atoms with E-state index >= 15 is 0 Å². The normalized spacial score (nSPS) is 19.0. The lowest BCUT2D eigenvalue weighted by molar-refractivity contribution is 0.0518. The second kappa shape index (κ2) is 4.61. The van der Waals surface area contributed by atoms with Crippen LogP contribution in [0.25, 0.3) is 0 Å². The van der Waals surface area contributed by atoms with Crippen LogP contribution in [0.1, 0.15) is 47.6 Å². The van der Waals surface area contributed by atoms with Gasteiger partial charge < -0.3 is 9.84 Å². The monoisotopic (exact) mass is 221 g/mol. The highest BCUT2D eigenvalue weighted by Gasteiger charge is 2.21. The minimum absolute atomic E-state index is 0.279. The highest BCUT2D eigenvalue weighted by molar-refractivity contribution is 5.87. The molecule has 16 heavy (non-hydrogen) atoms. The topological polar surface area (TPSA) is 59.4 Å². The van der Waals surface area contributed by atoms with Crippen LogP contribution in [0.15, 0.2) is 12.1 Å². The Morgan fingerprint density at radius 1 is 1.62 bits per heavy atom. The lowest BCUT2D eigenvalue weighted by Crippen LogP contribution is -2.15. The Labute approximate surface area is 94.3 Å². The van der Waals surface area contributed by atoms with Crippen molar-refractivity contribution in [2.24, 2.45) is 0 Å². The van der Waals surface area contributed by atoms with Gasteiger partial charge in [-0.1, -0.05) is 6.07 Å². The molecule has 0 spiro atoms. The zero-order chi connectivity index (χ0) is 11.5. The maximum atomic E-state index is 11.5. The summed E-state index contributed by atoms with van der Waals surface area (Å²) >= 11 is 0. The SMILES string of the molecule is CCOC(=O)c1ccc2c(n1)C(O)CCC2. The van der Waals surface area contributed by atoms with E-state index in [4.69, 9.17) is 4.74 Å². The number of aliphatic hydroxyl groups excluding tert-OH is 1. The minimum Gasteiger partial charge on any atom is -0.461 e. The fourth-order valence-corrected chi connectivity index (χ4v) is 1.94. The van der Waals surface area contributed by atoms with E-state index in [1.807, 2.05) is 6.07 Å². The number of aromatic nitrogens is 1. The van der Waals surface area contributed by atoms with E-state index in [-0.39, 0.29) is 5.69 Å². The standard InChI is InChI=1S/C12H15NO3/c1-2-16-12(15)9-7-6-8-4-3-5-10(14)11(8)13-9/h6-7,10,14H,2-5H2,1H3. The molecule has 1 heterocycles. The van der Waals surface area contributed by atoms with Crippen molar-refractivity contribution in [1.29, 1.82) is 0 Å². The van der Waals surface area contributed by atoms with Gasteiger partial charge in [-0.15, -0.1) is 0 Å². The Hall–Kier alpha value is -1.42. The lowest BCUT2D eigenvalue weighted by atomic mass is 9.93. The zero-order valence-corrected chi connectivity index (χ0v) is 9.27. The smallest absolute Gasteiger partial charge is 0.356 e. The van der Waals surface area contributed by atoms with Crippen LogP contribution in [0.4, 0.5) is 0 Å². The fraction of sp³-hybridized carbons (Fsp3) is 0.500. The Kier molecular flexibility index (Phi) is 3.19. The van der Waals surface area contributed by atoms with Crippen LogP contribution >= 0.6 is 0 Å². The summed E-state index contributed by atoms with van der Waals surface area (Å²) in [4.78, 5) is 15.7. The first kappa shape index (κ1) is 11.1. The Morgan fingerprint density at radius 2 is 2.44 bits per heavy atom. The molecule has 1 N–H and O–H groups in total. The van der Waals surface area contributed by atoms with Crippen LogP contribution < -0.4 is 0 Å². The third kappa shape index (κ3) is 2.07. The highest BCUT2D eigenvalue weighted by atomic mass is 16.5. The number of pyridine rings is 1. The average molecular weight is 221 g/mol. The molecule has 1 aromatic heterocycles. The van der Waals surface area contributed by atoms with Crippen LogP contribution in [0.5, 0.6) is 0 Å². The third-order valence-electron chi connectivity index (χ3n) is 2.74. The number of aliphatic hydroxyl groups is 1. The van der Waals surface area contributed by atoms with Crippen LogP contribution in [0.3, 0.4) is 0 Å². The van der Waals surface area contributed by atoms with Gasteiger partial charge >= 0.3 is 5.97 Å². The van der Waals surface area contributed by atoms with Crippen molar-refractivity contribution in [2.45, 2.75) is 32.3 Å². The molecule has 0 fully saturated rings. The first-order valence-electron chi connectivity index (χ1n) is 5.57. The highest BCUT2D eigenvalue weighted by Crippen LogP contribution is 2.28. The molecule has 86 valence electrons. The second-order valence-corrected chi connectivity index (χ2v) is 3.87. The molecule has 4 nitrogen and oxygen atoms in total. The second-order valence-electron chi connectivity index (χ2n) is 3.87.